The van der Waals surface area contributed by atoms with Gasteiger partial charge in [0.25, 0.3) is 5.91 Å². The number of fused-ring (bicyclic) bond motifs is 1. The van der Waals surface area contributed by atoms with E-state index in [1.54, 1.807) is 17.3 Å². The van der Waals surface area contributed by atoms with Crippen molar-refractivity contribution in [2.75, 3.05) is 25.1 Å². The average Bonchev–Trinajstić information content (AvgIpc) is 3.40. The second-order valence-electron chi connectivity index (χ2n) is 9.97. The predicted molar refractivity (Wildman–Crippen MR) is 157 cm³/mol. The lowest BCUT2D eigenvalue weighted by molar-refractivity contribution is -0.144. The number of carbonyl (C=O) groups is 1. The number of anilines is 1. The molecular weight excluding hydrogens is 544 g/mol. The van der Waals surface area contributed by atoms with Gasteiger partial charge in [-0.2, -0.15) is 9.61 Å². The highest BCUT2D eigenvalue weighted by molar-refractivity contribution is 7.91. The van der Waals surface area contributed by atoms with E-state index in [9.17, 15) is 23.4 Å². The van der Waals surface area contributed by atoms with Crippen LogP contribution in [0, 0.1) is 0 Å². The molecule has 0 radical (unpaired) electrons. The summed E-state index contributed by atoms with van der Waals surface area (Å²) in [4.78, 5) is 23.6. The monoisotopic (exact) mass is 580 g/mol. The fraction of sp³-hybridized carbons (Fsp3) is 0.379. The van der Waals surface area contributed by atoms with Crippen molar-refractivity contribution in [1.82, 2.24) is 24.5 Å². The van der Waals surface area contributed by atoms with Crippen LogP contribution < -0.4 is 5.73 Å². The Kier molecular flexibility index (Phi) is 9.36. The fourth-order valence-corrected chi connectivity index (χ4v) is 6.07. The molecule has 4 N–H and O–H groups in total. The van der Waals surface area contributed by atoms with Crippen molar-refractivity contribution in [3.8, 4) is 22.4 Å². The highest BCUT2D eigenvalue weighted by atomic mass is 32.2. The highest BCUT2D eigenvalue weighted by Gasteiger charge is 2.29. The second-order valence-corrected chi connectivity index (χ2v) is 11.9. The number of benzene rings is 1. The second kappa shape index (κ2) is 12.8. The molecule has 0 fully saturated rings. The smallest absolute Gasteiger partial charge is 0.254 e. The third-order valence-corrected chi connectivity index (χ3v) is 8.24. The first-order valence-electron chi connectivity index (χ1n) is 13.6. The fourth-order valence-electron chi connectivity index (χ4n) is 5.03. The Balaban J connectivity index is 1.73. The highest BCUT2D eigenvalue weighted by Crippen LogP contribution is 2.31. The van der Waals surface area contributed by atoms with Crippen LogP contribution in [0.2, 0.25) is 0 Å². The van der Waals surface area contributed by atoms with Gasteiger partial charge >= 0.3 is 0 Å². The van der Waals surface area contributed by atoms with Crippen molar-refractivity contribution >= 4 is 27.2 Å². The maximum atomic E-state index is 12.9. The van der Waals surface area contributed by atoms with E-state index in [0.717, 1.165) is 23.1 Å². The number of aliphatic hydroxyl groups excluding tert-OH is 2. The molecule has 0 saturated carbocycles. The summed E-state index contributed by atoms with van der Waals surface area (Å²) in [5.74, 6) is -0.602. The molecular formula is C29H36N6O5S. The van der Waals surface area contributed by atoms with Crippen LogP contribution in [0.25, 0.3) is 28.0 Å². The number of hydrogen-bond acceptors (Lipinski definition) is 9. The number of nitrogens with zero attached hydrogens (tertiary/aromatic N) is 5. The lowest BCUT2D eigenvalue weighted by atomic mass is 10.0. The van der Waals surface area contributed by atoms with Crippen LogP contribution in [-0.2, 0) is 21.1 Å². The summed E-state index contributed by atoms with van der Waals surface area (Å²) >= 11 is 0. The Morgan fingerprint density at radius 3 is 2.41 bits per heavy atom. The minimum Gasteiger partial charge on any atom is -0.393 e. The molecule has 0 aliphatic heterocycles. The van der Waals surface area contributed by atoms with Gasteiger partial charge in [0, 0.05) is 41.7 Å². The van der Waals surface area contributed by atoms with Crippen molar-refractivity contribution in [2.45, 2.75) is 56.6 Å². The quantitative estimate of drug-likeness (QED) is 0.229. The van der Waals surface area contributed by atoms with Gasteiger partial charge in [0.15, 0.2) is 21.6 Å². The maximum absolute atomic E-state index is 12.9. The summed E-state index contributed by atoms with van der Waals surface area (Å²) in [6.07, 6.45) is 4.67. The summed E-state index contributed by atoms with van der Waals surface area (Å²) in [6.45, 7) is 3.54. The van der Waals surface area contributed by atoms with Crippen molar-refractivity contribution in [1.29, 1.82) is 0 Å². The van der Waals surface area contributed by atoms with Crippen molar-refractivity contribution in [3.63, 3.8) is 0 Å². The summed E-state index contributed by atoms with van der Waals surface area (Å²) in [7, 11) is -3.78. The zero-order valence-corrected chi connectivity index (χ0v) is 24.3. The van der Waals surface area contributed by atoms with Crippen LogP contribution in [0.5, 0.6) is 0 Å². The molecule has 41 heavy (non-hydrogen) atoms. The number of hydrogen-bond donors (Lipinski definition) is 3. The molecule has 4 aromatic rings. The predicted octanol–water partition coefficient (Wildman–Crippen LogP) is 2.75. The topological polar surface area (TPSA) is 164 Å². The lowest BCUT2D eigenvalue weighted by Crippen LogP contribution is -2.47. The molecule has 0 unspecified atom stereocenters. The van der Waals surface area contributed by atoms with E-state index in [1.165, 1.54) is 4.52 Å². The Bertz CT molecular complexity index is 1610. The number of nitrogens with two attached hydrogens (primary N) is 1. The van der Waals surface area contributed by atoms with E-state index < -0.39 is 28.5 Å². The molecule has 3 heterocycles. The maximum Gasteiger partial charge on any atom is 0.254 e. The van der Waals surface area contributed by atoms with Crippen LogP contribution >= 0.6 is 0 Å². The molecule has 0 bridgehead atoms. The zero-order valence-electron chi connectivity index (χ0n) is 23.4. The van der Waals surface area contributed by atoms with Gasteiger partial charge in [-0.15, -0.1) is 0 Å². The van der Waals surface area contributed by atoms with E-state index >= 15 is 0 Å². The largest absolute Gasteiger partial charge is 0.393 e. The van der Waals surface area contributed by atoms with E-state index in [4.69, 9.17) is 10.7 Å². The molecule has 3 aromatic heterocycles. The van der Waals surface area contributed by atoms with Crippen LogP contribution in [0.15, 0.2) is 59.8 Å². The summed E-state index contributed by atoms with van der Waals surface area (Å²) in [5, 5.41) is 23.6. The molecule has 218 valence electrons. The molecule has 1 aromatic carbocycles. The van der Waals surface area contributed by atoms with Crippen LogP contribution in [0.4, 0.5) is 5.82 Å². The standard InChI is InChI=1S/C29H36N6O5S/c1-4-15-34(29(38)25(37)18-36)21(5-2)12-14-24-26(41(3,39)40)27(30)35-28(33-24)22(17-32-35)20-11-13-23(31-16-20)19-9-7-6-8-10-19/h6-11,13,16-17,21,25,36-37H,4-5,12,14-15,18,30H2,1-3H3/t21-,25-/m1/s1. The number of pyridine rings is 1. The number of rotatable bonds is 12. The number of aliphatic hydroxyl groups is 2. The van der Waals surface area contributed by atoms with E-state index in [0.29, 0.717) is 37.0 Å². The van der Waals surface area contributed by atoms with E-state index in [1.807, 2.05) is 56.3 Å². The number of aryl methyl sites for hydroxylation is 1. The van der Waals surface area contributed by atoms with E-state index in [2.05, 4.69) is 10.1 Å². The van der Waals surface area contributed by atoms with Crippen molar-refractivity contribution in [2.24, 2.45) is 0 Å². The van der Waals surface area contributed by atoms with Crippen LogP contribution in [0.3, 0.4) is 0 Å². The van der Waals surface area contributed by atoms with Gasteiger partial charge in [-0.3, -0.25) is 9.78 Å². The van der Waals surface area contributed by atoms with Crippen molar-refractivity contribution in [3.05, 3.63) is 60.6 Å². The number of sulfone groups is 1. The number of carbonyl (C=O) groups excluding carboxylic acids is 1. The minimum absolute atomic E-state index is 0.0437. The molecule has 4 rings (SSSR count). The van der Waals surface area contributed by atoms with Crippen LogP contribution in [-0.4, -0.2) is 80.6 Å². The molecule has 11 nitrogen and oxygen atoms in total. The van der Waals surface area contributed by atoms with Gasteiger partial charge in [0.1, 0.15) is 10.7 Å². The Morgan fingerprint density at radius 1 is 1.10 bits per heavy atom. The molecule has 0 spiro atoms. The van der Waals surface area contributed by atoms with Gasteiger partial charge in [0.05, 0.1) is 24.2 Å². The van der Waals surface area contributed by atoms with Gasteiger partial charge in [-0.25, -0.2) is 13.4 Å². The van der Waals surface area contributed by atoms with Gasteiger partial charge < -0.3 is 20.8 Å². The van der Waals surface area contributed by atoms with Gasteiger partial charge in [-0.05, 0) is 31.7 Å². The Labute approximate surface area is 239 Å². The molecule has 1 amide bonds. The Morgan fingerprint density at radius 2 is 1.83 bits per heavy atom. The van der Waals surface area contributed by atoms with Gasteiger partial charge in [0.2, 0.25) is 0 Å². The zero-order chi connectivity index (χ0) is 29.7. The van der Waals surface area contributed by atoms with Gasteiger partial charge in [-0.1, -0.05) is 50.2 Å². The summed E-state index contributed by atoms with van der Waals surface area (Å²) < 4.78 is 27.0. The number of aromatic nitrogens is 4. The first-order chi connectivity index (χ1) is 19.6. The normalized spacial score (nSPS) is 13.3. The lowest BCUT2D eigenvalue weighted by Gasteiger charge is -2.32. The first-order valence-corrected chi connectivity index (χ1v) is 15.5. The van der Waals surface area contributed by atoms with E-state index in [-0.39, 0.29) is 28.9 Å². The number of amides is 1. The molecule has 12 heteroatoms. The van der Waals surface area contributed by atoms with Crippen LogP contribution in [0.1, 0.15) is 38.8 Å². The van der Waals surface area contributed by atoms with Crippen molar-refractivity contribution < 1.29 is 23.4 Å². The summed E-state index contributed by atoms with van der Waals surface area (Å²) in [5.41, 5.74) is 10.2. The average molecular weight is 581 g/mol. The third kappa shape index (κ3) is 6.39. The molecule has 0 aliphatic rings. The summed E-state index contributed by atoms with van der Waals surface area (Å²) in [6, 6.07) is 13.3. The SMILES string of the molecule is CCCN(C(=O)[C@H](O)CO)[C@H](CC)CCc1nc2c(-c3ccc(-c4ccccc4)nc3)cnn2c(N)c1S(C)(=O)=O. The first kappa shape index (κ1) is 30.1. The third-order valence-electron chi connectivity index (χ3n) is 7.05. The molecule has 0 aliphatic carbocycles. The number of nitrogen functional groups attached to an aromatic ring is 1. The molecule has 0 saturated heterocycles. The molecule has 2 atom stereocenters. The minimum atomic E-state index is -3.78. The Hall–Kier alpha value is -3.87.